The standard InChI is InChI=1S/C14H18N4O2/c1-10(2)6-5-9-18-13(11-7-3-4-8-15-11)12(14(19)20)16-17-18/h3-4,7-8,10H,5-6,9H2,1-2H3,(H,19,20). The molecule has 0 saturated carbocycles. The molecule has 0 aliphatic carbocycles. The molecule has 0 aromatic carbocycles. The number of nitrogens with zero attached hydrogens (tertiary/aromatic N) is 4. The van der Waals surface area contributed by atoms with Gasteiger partial charge >= 0.3 is 5.97 Å². The molecule has 0 unspecified atom stereocenters. The summed E-state index contributed by atoms with van der Waals surface area (Å²) in [5.41, 5.74) is 1.01. The monoisotopic (exact) mass is 274 g/mol. The minimum atomic E-state index is -1.08. The van der Waals surface area contributed by atoms with Crippen LogP contribution in [0.1, 0.15) is 37.2 Å². The van der Waals surface area contributed by atoms with Gasteiger partial charge in [-0.3, -0.25) is 4.98 Å². The van der Waals surface area contributed by atoms with E-state index in [0.29, 0.717) is 23.9 Å². The topological polar surface area (TPSA) is 80.9 Å². The van der Waals surface area contributed by atoms with E-state index in [4.69, 9.17) is 0 Å². The van der Waals surface area contributed by atoms with Gasteiger partial charge in [0.2, 0.25) is 0 Å². The van der Waals surface area contributed by atoms with Gasteiger partial charge in [0.15, 0.2) is 5.69 Å². The maximum absolute atomic E-state index is 11.2. The summed E-state index contributed by atoms with van der Waals surface area (Å²) in [6, 6.07) is 5.38. The molecular formula is C14H18N4O2. The Hall–Kier alpha value is -2.24. The zero-order chi connectivity index (χ0) is 14.5. The first kappa shape index (κ1) is 14.2. The van der Waals surface area contributed by atoms with E-state index in [9.17, 15) is 9.90 Å². The van der Waals surface area contributed by atoms with Crippen LogP contribution in [-0.4, -0.2) is 31.1 Å². The average molecular weight is 274 g/mol. The van der Waals surface area contributed by atoms with E-state index < -0.39 is 5.97 Å². The molecule has 0 bridgehead atoms. The van der Waals surface area contributed by atoms with Crippen molar-refractivity contribution in [3.05, 3.63) is 30.1 Å². The van der Waals surface area contributed by atoms with E-state index in [2.05, 4.69) is 29.1 Å². The van der Waals surface area contributed by atoms with Crippen LogP contribution in [0, 0.1) is 5.92 Å². The fourth-order valence-corrected chi connectivity index (χ4v) is 2.02. The predicted octanol–water partition coefficient (Wildman–Crippen LogP) is 2.47. The highest BCUT2D eigenvalue weighted by Crippen LogP contribution is 2.20. The van der Waals surface area contributed by atoms with Gasteiger partial charge in [0.25, 0.3) is 0 Å². The second-order valence-electron chi connectivity index (χ2n) is 5.07. The molecule has 0 saturated heterocycles. The highest BCUT2D eigenvalue weighted by Gasteiger charge is 2.21. The SMILES string of the molecule is CC(C)CCCn1nnc(C(=O)O)c1-c1ccccn1. The molecule has 2 heterocycles. The van der Waals surface area contributed by atoms with Crippen LogP contribution in [-0.2, 0) is 6.54 Å². The zero-order valence-electron chi connectivity index (χ0n) is 11.7. The van der Waals surface area contributed by atoms with Gasteiger partial charge in [-0.05, 0) is 30.9 Å². The summed E-state index contributed by atoms with van der Waals surface area (Å²) >= 11 is 0. The lowest BCUT2D eigenvalue weighted by Crippen LogP contribution is -2.06. The van der Waals surface area contributed by atoms with Crippen LogP contribution in [0.4, 0.5) is 0 Å². The lowest BCUT2D eigenvalue weighted by molar-refractivity contribution is 0.0691. The molecule has 0 atom stereocenters. The molecule has 2 rings (SSSR count). The van der Waals surface area contributed by atoms with E-state index in [1.165, 1.54) is 0 Å². The van der Waals surface area contributed by atoms with Gasteiger partial charge in [-0.2, -0.15) is 0 Å². The van der Waals surface area contributed by atoms with Crippen LogP contribution < -0.4 is 0 Å². The summed E-state index contributed by atoms with van der Waals surface area (Å²) in [7, 11) is 0. The molecular weight excluding hydrogens is 256 g/mol. The highest BCUT2D eigenvalue weighted by atomic mass is 16.4. The number of hydrogen-bond donors (Lipinski definition) is 1. The average Bonchev–Trinajstić information content (AvgIpc) is 2.83. The van der Waals surface area contributed by atoms with Crippen LogP contribution in [0.25, 0.3) is 11.4 Å². The summed E-state index contributed by atoms with van der Waals surface area (Å²) in [6.07, 6.45) is 3.62. The summed E-state index contributed by atoms with van der Waals surface area (Å²) in [5.74, 6) is -0.475. The number of aromatic carboxylic acids is 1. The molecule has 0 aliphatic heterocycles. The van der Waals surface area contributed by atoms with Gasteiger partial charge < -0.3 is 5.11 Å². The second-order valence-corrected chi connectivity index (χ2v) is 5.07. The van der Waals surface area contributed by atoms with Crippen LogP contribution in [0.15, 0.2) is 24.4 Å². The van der Waals surface area contributed by atoms with E-state index in [1.54, 1.807) is 23.0 Å². The Morgan fingerprint density at radius 1 is 1.40 bits per heavy atom. The number of aryl methyl sites for hydroxylation is 1. The van der Waals surface area contributed by atoms with Gasteiger partial charge in [-0.1, -0.05) is 25.1 Å². The molecule has 2 aromatic heterocycles. The Labute approximate surface area is 117 Å². The number of carboxylic acids is 1. The Bertz CT molecular complexity index is 578. The molecule has 0 radical (unpaired) electrons. The Balaban J connectivity index is 2.31. The van der Waals surface area contributed by atoms with Crippen LogP contribution in [0.2, 0.25) is 0 Å². The molecule has 6 nitrogen and oxygen atoms in total. The van der Waals surface area contributed by atoms with Crippen molar-refractivity contribution in [3.8, 4) is 11.4 Å². The number of carbonyl (C=O) groups is 1. The second kappa shape index (κ2) is 6.27. The third-order valence-electron chi connectivity index (χ3n) is 3.00. The third kappa shape index (κ3) is 3.20. The van der Waals surface area contributed by atoms with Gasteiger partial charge in [-0.25, -0.2) is 9.48 Å². The first-order valence-electron chi connectivity index (χ1n) is 6.67. The summed E-state index contributed by atoms with van der Waals surface area (Å²) in [6.45, 7) is 4.96. The molecule has 0 aliphatic rings. The number of carboxylic acid groups (broad SMARTS) is 1. The lowest BCUT2D eigenvalue weighted by atomic mass is 10.1. The molecule has 0 fully saturated rings. The minimum absolute atomic E-state index is 0.0479. The van der Waals surface area contributed by atoms with Crippen molar-refractivity contribution in [2.45, 2.75) is 33.2 Å². The quantitative estimate of drug-likeness (QED) is 0.875. The number of rotatable bonds is 6. The van der Waals surface area contributed by atoms with Gasteiger partial charge in [0.1, 0.15) is 5.69 Å². The molecule has 1 N–H and O–H groups in total. The van der Waals surface area contributed by atoms with E-state index in [1.807, 2.05) is 6.07 Å². The molecule has 2 aromatic rings. The molecule has 6 heteroatoms. The summed E-state index contributed by atoms with van der Waals surface area (Å²) in [4.78, 5) is 15.5. The predicted molar refractivity (Wildman–Crippen MR) is 74.3 cm³/mol. The smallest absolute Gasteiger partial charge is 0.358 e. The van der Waals surface area contributed by atoms with E-state index in [-0.39, 0.29) is 5.69 Å². The Morgan fingerprint density at radius 3 is 2.80 bits per heavy atom. The maximum atomic E-state index is 11.2. The van der Waals surface area contributed by atoms with E-state index >= 15 is 0 Å². The van der Waals surface area contributed by atoms with E-state index in [0.717, 1.165) is 12.8 Å². The van der Waals surface area contributed by atoms with Crippen molar-refractivity contribution in [2.24, 2.45) is 5.92 Å². The van der Waals surface area contributed by atoms with Crippen molar-refractivity contribution in [1.82, 2.24) is 20.0 Å². The fraction of sp³-hybridized carbons (Fsp3) is 0.429. The largest absolute Gasteiger partial charge is 0.476 e. The van der Waals surface area contributed by atoms with Gasteiger partial charge in [0.05, 0.1) is 5.69 Å². The molecule has 106 valence electrons. The minimum Gasteiger partial charge on any atom is -0.476 e. The Morgan fingerprint density at radius 2 is 2.20 bits per heavy atom. The van der Waals surface area contributed by atoms with Crippen molar-refractivity contribution in [1.29, 1.82) is 0 Å². The zero-order valence-corrected chi connectivity index (χ0v) is 11.7. The number of aromatic nitrogens is 4. The molecule has 0 spiro atoms. The first-order valence-corrected chi connectivity index (χ1v) is 6.67. The molecule has 0 amide bonds. The van der Waals surface area contributed by atoms with Gasteiger partial charge in [-0.15, -0.1) is 5.10 Å². The lowest BCUT2D eigenvalue weighted by Gasteiger charge is -2.07. The van der Waals surface area contributed by atoms with Gasteiger partial charge in [0, 0.05) is 12.7 Å². The van der Waals surface area contributed by atoms with Crippen molar-refractivity contribution < 1.29 is 9.90 Å². The van der Waals surface area contributed by atoms with Crippen LogP contribution >= 0.6 is 0 Å². The van der Waals surface area contributed by atoms with Crippen LogP contribution in [0.3, 0.4) is 0 Å². The Kier molecular flexibility index (Phi) is 4.45. The highest BCUT2D eigenvalue weighted by molar-refractivity contribution is 5.92. The van der Waals surface area contributed by atoms with Crippen molar-refractivity contribution >= 4 is 5.97 Å². The number of pyridine rings is 1. The normalized spacial score (nSPS) is 10.9. The molecule has 20 heavy (non-hydrogen) atoms. The van der Waals surface area contributed by atoms with Crippen molar-refractivity contribution in [3.63, 3.8) is 0 Å². The number of hydrogen-bond acceptors (Lipinski definition) is 4. The van der Waals surface area contributed by atoms with Crippen molar-refractivity contribution in [2.75, 3.05) is 0 Å². The third-order valence-corrected chi connectivity index (χ3v) is 3.00. The summed E-state index contributed by atoms with van der Waals surface area (Å²) < 4.78 is 1.63. The fourth-order valence-electron chi connectivity index (χ4n) is 2.02. The summed E-state index contributed by atoms with van der Waals surface area (Å²) in [5, 5.41) is 16.9. The van der Waals surface area contributed by atoms with Crippen LogP contribution in [0.5, 0.6) is 0 Å². The first-order chi connectivity index (χ1) is 9.59. The maximum Gasteiger partial charge on any atom is 0.358 e.